The van der Waals surface area contributed by atoms with E-state index in [4.69, 9.17) is 5.11 Å². The van der Waals surface area contributed by atoms with E-state index in [1.54, 1.807) is 13.8 Å². The van der Waals surface area contributed by atoms with Gasteiger partial charge in [0.05, 0.1) is 5.41 Å². The summed E-state index contributed by atoms with van der Waals surface area (Å²) in [5.41, 5.74) is 0.0406. The van der Waals surface area contributed by atoms with Gasteiger partial charge in [-0.15, -0.1) is 0 Å². The van der Waals surface area contributed by atoms with Gasteiger partial charge in [0.15, 0.2) is 0 Å². The molecule has 0 saturated carbocycles. The van der Waals surface area contributed by atoms with Crippen molar-refractivity contribution in [1.29, 1.82) is 0 Å². The summed E-state index contributed by atoms with van der Waals surface area (Å²) in [4.78, 5) is 10.8. The molecule has 0 aromatic heterocycles. The van der Waals surface area contributed by atoms with E-state index in [1.165, 1.54) is 0 Å². The van der Waals surface area contributed by atoms with Gasteiger partial charge in [0, 0.05) is 0 Å². The van der Waals surface area contributed by atoms with Crippen LogP contribution in [0.1, 0.15) is 33.3 Å². The van der Waals surface area contributed by atoms with Crippen molar-refractivity contribution in [2.75, 3.05) is 0 Å². The van der Waals surface area contributed by atoms with Gasteiger partial charge in [-0.05, 0) is 19.4 Å². The molecule has 2 nitrogen and oxygen atoms in total. The molecule has 0 aliphatic heterocycles. The molecule has 0 bridgehead atoms. The van der Waals surface area contributed by atoms with Gasteiger partial charge in [-0.1, -0.05) is 44.2 Å². The van der Waals surface area contributed by atoms with Crippen LogP contribution in [0.15, 0.2) is 30.3 Å². The molecule has 0 saturated heterocycles. The third kappa shape index (κ3) is 2.87. The molecule has 1 aromatic carbocycles. The number of carbonyl (C=O) groups is 1. The second-order valence-corrected chi connectivity index (χ2v) is 3.30. The highest BCUT2D eigenvalue weighted by Gasteiger charge is 2.28. The second kappa shape index (κ2) is 5.43. The first-order valence-electron chi connectivity index (χ1n) is 4.84. The molecule has 14 heavy (non-hydrogen) atoms. The molecule has 0 atom stereocenters. The molecule has 0 amide bonds. The molecular weight excluding hydrogens is 176 g/mol. The van der Waals surface area contributed by atoms with Crippen LogP contribution in [0.4, 0.5) is 0 Å². The van der Waals surface area contributed by atoms with Crippen molar-refractivity contribution in [1.82, 2.24) is 0 Å². The number of hydrogen-bond donors (Lipinski definition) is 1. The number of aliphatic carboxylic acids is 1. The average molecular weight is 194 g/mol. The van der Waals surface area contributed by atoms with Crippen LogP contribution in [0.5, 0.6) is 0 Å². The number of hydrogen-bond acceptors (Lipinski definition) is 1. The first-order chi connectivity index (χ1) is 6.55. The minimum Gasteiger partial charge on any atom is -0.481 e. The van der Waals surface area contributed by atoms with Crippen LogP contribution >= 0.6 is 0 Å². The van der Waals surface area contributed by atoms with E-state index in [0.717, 1.165) is 5.56 Å². The van der Waals surface area contributed by atoms with Crippen molar-refractivity contribution < 1.29 is 9.90 Å². The number of carboxylic acid groups (broad SMARTS) is 1. The molecule has 0 fully saturated rings. The molecule has 0 heterocycles. The molecule has 1 rings (SSSR count). The van der Waals surface area contributed by atoms with Gasteiger partial charge in [0.2, 0.25) is 0 Å². The third-order valence-electron chi connectivity index (χ3n) is 2.03. The van der Waals surface area contributed by atoms with Crippen LogP contribution in [0.2, 0.25) is 0 Å². The Kier molecular flexibility index (Phi) is 4.92. The van der Waals surface area contributed by atoms with Gasteiger partial charge in [0.1, 0.15) is 0 Å². The number of carboxylic acids is 1. The fraction of sp³-hybridized carbons (Fsp3) is 0.417. The molecule has 0 spiro atoms. The maximum Gasteiger partial charge on any atom is 0.313 e. The van der Waals surface area contributed by atoms with Crippen molar-refractivity contribution in [3.8, 4) is 0 Å². The van der Waals surface area contributed by atoms with E-state index in [-0.39, 0.29) is 0 Å². The van der Waals surface area contributed by atoms with E-state index in [1.807, 2.05) is 44.2 Å². The topological polar surface area (TPSA) is 37.3 Å². The highest BCUT2D eigenvalue weighted by molar-refractivity contribution is 5.80. The van der Waals surface area contributed by atoms with E-state index in [9.17, 15) is 4.79 Å². The largest absolute Gasteiger partial charge is 0.481 e. The van der Waals surface area contributed by atoms with Gasteiger partial charge in [-0.25, -0.2) is 0 Å². The highest BCUT2D eigenvalue weighted by Crippen LogP contribution is 2.22. The highest BCUT2D eigenvalue weighted by atomic mass is 16.4. The maximum absolute atomic E-state index is 10.8. The summed E-state index contributed by atoms with van der Waals surface area (Å²) in [6, 6.07) is 9.23. The normalized spacial score (nSPS) is 10.0. The number of rotatable bonds is 2. The Morgan fingerprint density at radius 1 is 1.14 bits per heavy atom. The Hall–Kier alpha value is -1.31. The third-order valence-corrected chi connectivity index (χ3v) is 2.03. The van der Waals surface area contributed by atoms with Crippen LogP contribution < -0.4 is 0 Å². The summed E-state index contributed by atoms with van der Waals surface area (Å²) in [5.74, 6) is -0.797. The lowest BCUT2D eigenvalue weighted by Crippen LogP contribution is -2.28. The first kappa shape index (κ1) is 12.7. The van der Waals surface area contributed by atoms with Crippen molar-refractivity contribution in [3.05, 3.63) is 35.9 Å². The molecule has 78 valence electrons. The lowest BCUT2D eigenvalue weighted by atomic mass is 9.85. The van der Waals surface area contributed by atoms with Crippen molar-refractivity contribution in [2.24, 2.45) is 0 Å². The fourth-order valence-corrected chi connectivity index (χ4v) is 0.978. The summed E-state index contributed by atoms with van der Waals surface area (Å²) in [6.45, 7) is 7.40. The average Bonchev–Trinajstić information content (AvgIpc) is 2.22. The van der Waals surface area contributed by atoms with Gasteiger partial charge in [0.25, 0.3) is 0 Å². The van der Waals surface area contributed by atoms with Gasteiger partial charge >= 0.3 is 5.97 Å². The second-order valence-electron chi connectivity index (χ2n) is 3.30. The zero-order valence-corrected chi connectivity index (χ0v) is 9.24. The Morgan fingerprint density at radius 2 is 1.57 bits per heavy atom. The first-order valence-corrected chi connectivity index (χ1v) is 4.84. The van der Waals surface area contributed by atoms with Gasteiger partial charge in [-0.3, -0.25) is 4.79 Å². The van der Waals surface area contributed by atoms with E-state index in [2.05, 4.69) is 0 Å². The van der Waals surface area contributed by atoms with Crippen LogP contribution in [-0.4, -0.2) is 11.1 Å². The van der Waals surface area contributed by atoms with Crippen LogP contribution in [0, 0.1) is 0 Å². The maximum atomic E-state index is 10.8. The lowest BCUT2D eigenvalue weighted by molar-refractivity contribution is -0.142. The zero-order valence-electron chi connectivity index (χ0n) is 9.24. The van der Waals surface area contributed by atoms with Crippen LogP contribution in [0.3, 0.4) is 0 Å². The monoisotopic (exact) mass is 194 g/mol. The molecule has 2 heteroatoms. The van der Waals surface area contributed by atoms with Crippen molar-refractivity contribution >= 4 is 5.97 Å². The Morgan fingerprint density at radius 3 is 1.93 bits per heavy atom. The smallest absolute Gasteiger partial charge is 0.313 e. The van der Waals surface area contributed by atoms with Crippen molar-refractivity contribution in [3.63, 3.8) is 0 Å². The van der Waals surface area contributed by atoms with Gasteiger partial charge < -0.3 is 5.11 Å². The van der Waals surface area contributed by atoms with E-state index in [0.29, 0.717) is 0 Å². The quantitative estimate of drug-likeness (QED) is 0.785. The lowest BCUT2D eigenvalue weighted by Gasteiger charge is -2.18. The van der Waals surface area contributed by atoms with E-state index < -0.39 is 11.4 Å². The molecule has 0 aliphatic carbocycles. The molecule has 1 N–H and O–H groups in total. The summed E-state index contributed by atoms with van der Waals surface area (Å²) >= 11 is 0. The molecule has 0 unspecified atom stereocenters. The zero-order chi connectivity index (χ0) is 11.2. The Balaban J connectivity index is 0.000000791. The molecule has 0 radical (unpaired) electrons. The SMILES string of the molecule is CC.CC(C)(C(=O)O)c1ccccc1. The number of benzene rings is 1. The fourth-order valence-electron chi connectivity index (χ4n) is 0.978. The minimum absolute atomic E-state index is 0.790. The minimum atomic E-state index is -0.797. The van der Waals surface area contributed by atoms with Crippen molar-refractivity contribution in [2.45, 2.75) is 33.1 Å². The summed E-state index contributed by atoms with van der Waals surface area (Å²) in [5, 5.41) is 8.89. The predicted octanol–water partition coefficient (Wildman–Crippen LogP) is 3.08. The van der Waals surface area contributed by atoms with Crippen LogP contribution in [0.25, 0.3) is 0 Å². The standard InChI is InChI=1S/C10H12O2.C2H6/c1-10(2,9(11)12)8-6-4-3-5-7-8;1-2/h3-7H,1-2H3,(H,11,12);1-2H3. The molecule has 0 aliphatic rings. The summed E-state index contributed by atoms with van der Waals surface area (Å²) in [7, 11) is 0. The summed E-state index contributed by atoms with van der Waals surface area (Å²) in [6.07, 6.45) is 0. The Labute approximate surface area is 85.6 Å². The van der Waals surface area contributed by atoms with Gasteiger partial charge in [-0.2, -0.15) is 0 Å². The Bertz CT molecular complexity index is 276. The molecular formula is C12H18O2. The summed E-state index contributed by atoms with van der Waals surface area (Å²) < 4.78 is 0. The van der Waals surface area contributed by atoms with Crippen LogP contribution in [-0.2, 0) is 10.2 Å². The molecule has 1 aromatic rings. The van der Waals surface area contributed by atoms with E-state index >= 15 is 0 Å². The predicted molar refractivity (Wildman–Crippen MR) is 58.5 cm³/mol.